The van der Waals surface area contributed by atoms with Crippen LogP contribution in [-0.2, 0) is 0 Å². The Hall–Kier alpha value is -2.70. The summed E-state index contributed by atoms with van der Waals surface area (Å²) in [7, 11) is 3.30. The highest BCUT2D eigenvalue weighted by molar-refractivity contribution is 5.94. The summed E-state index contributed by atoms with van der Waals surface area (Å²) in [5.41, 5.74) is 0. The first-order chi connectivity index (χ1) is 15.2. The number of hydrogen-bond donors (Lipinski definition) is 0. The van der Waals surface area contributed by atoms with Crippen molar-refractivity contribution >= 4 is 22.6 Å². The van der Waals surface area contributed by atoms with Crippen molar-refractivity contribution in [3.63, 3.8) is 0 Å². The van der Waals surface area contributed by atoms with Gasteiger partial charge in [0.05, 0.1) is 14.2 Å². The minimum atomic E-state index is 0.207. The van der Waals surface area contributed by atoms with Gasteiger partial charge in [0.25, 0.3) is 0 Å². The molecule has 0 bridgehead atoms. The van der Waals surface area contributed by atoms with Gasteiger partial charge in [-0.25, -0.2) is 9.78 Å². The van der Waals surface area contributed by atoms with Gasteiger partial charge in [0.15, 0.2) is 11.5 Å². The normalized spacial score (nSPS) is 18.3. The molecule has 0 unspecified atom stereocenters. The number of pyridine rings is 1. The van der Waals surface area contributed by atoms with Gasteiger partial charge in [-0.1, -0.05) is 25.7 Å². The molecule has 2 aromatic rings. The monoisotopic (exact) mass is 426 g/mol. The van der Waals surface area contributed by atoms with Gasteiger partial charge in [0.1, 0.15) is 5.82 Å². The third-order valence-electron chi connectivity index (χ3n) is 6.47. The summed E-state index contributed by atoms with van der Waals surface area (Å²) in [4.78, 5) is 24.2. The molecule has 1 aromatic carbocycles. The molecular weight excluding hydrogens is 392 g/mol. The zero-order valence-electron chi connectivity index (χ0n) is 18.8. The molecule has 1 aromatic heterocycles. The number of nitrogens with zero attached hydrogens (tertiary/aromatic N) is 4. The molecule has 0 spiro atoms. The van der Waals surface area contributed by atoms with Crippen LogP contribution < -0.4 is 14.4 Å². The van der Waals surface area contributed by atoms with Crippen molar-refractivity contribution in [1.29, 1.82) is 0 Å². The minimum Gasteiger partial charge on any atom is -0.493 e. The van der Waals surface area contributed by atoms with Gasteiger partial charge in [-0.2, -0.15) is 0 Å². The first-order valence-electron chi connectivity index (χ1n) is 11.5. The lowest BCUT2D eigenvalue weighted by Gasteiger charge is -2.38. The maximum atomic E-state index is 13.1. The Bertz CT molecular complexity index is 886. The second kappa shape index (κ2) is 10.1. The lowest BCUT2D eigenvalue weighted by Crippen LogP contribution is -2.53. The van der Waals surface area contributed by atoms with Crippen molar-refractivity contribution < 1.29 is 14.3 Å². The van der Waals surface area contributed by atoms with Gasteiger partial charge >= 0.3 is 6.03 Å². The van der Waals surface area contributed by atoms with E-state index < -0.39 is 0 Å². The third-order valence-corrected chi connectivity index (χ3v) is 6.47. The topological polar surface area (TPSA) is 58.1 Å². The number of rotatable bonds is 3. The van der Waals surface area contributed by atoms with Crippen LogP contribution in [0.25, 0.3) is 10.8 Å². The molecule has 7 nitrogen and oxygen atoms in total. The number of methoxy groups -OCH3 is 2. The highest BCUT2D eigenvalue weighted by Crippen LogP contribution is 2.35. The van der Waals surface area contributed by atoms with Gasteiger partial charge in [-0.3, -0.25) is 0 Å². The van der Waals surface area contributed by atoms with Crippen LogP contribution >= 0.6 is 0 Å². The van der Waals surface area contributed by atoms with Gasteiger partial charge in [0.2, 0.25) is 0 Å². The summed E-state index contributed by atoms with van der Waals surface area (Å²) in [6.07, 6.45) is 9.15. The Kier molecular flexibility index (Phi) is 6.99. The SMILES string of the molecule is COc1cc2ccnc(N3CCN(C(=O)N4CCCCCCCC4)CC3)c2cc1OC. The molecule has 2 aliphatic rings. The van der Waals surface area contributed by atoms with Crippen molar-refractivity contribution in [2.24, 2.45) is 0 Å². The number of amides is 2. The summed E-state index contributed by atoms with van der Waals surface area (Å²) < 4.78 is 10.9. The number of carbonyl (C=O) groups excluding carboxylic acids is 1. The number of benzene rings is 1. The fourth-order valence-corrected chi connectivity index (χ4v) is 4.66. The fourth-order valence-electron chi connectivity index (χ4n) is 4.66. The molecular formula is C24H34N4O3. The van der Waals surface area contributed by atoms with E-state index in [9.17, 15) is 4.79 Å². The summed E-state index contributed by atoms with van der Waals surface area (Å²) in [6.45, 7) is 4.79. The zero-order chi connectivity index (χ0) is 21.6. The highest BCUT2D eigenvalue weighted by Gasteiger charge is 2.26. The smallest absolute Gasteiger partial charge is 0.320 e. The van der Waals surface area contributed by atoms with E-state index in [2.05, 4.69) is 14.8 Å². The summed E-state index contributed by atoms with van der Waals surface area (Å²) in [6, 6.07) is 6.19. The van der Waals surface area contributed by atoms with Crippen LogP contribution in [0.5, 0.6) is 11.5 Å². The Balaban J connectivity index is 1.46. The molecule has 0 aliphatic carbocycles. The average molecular weight is 427 g/mol. The second-order valence-electron chi connectivity index (χ2n) is 8.43. The fraction of sp³-hybridized carbons (Fsp3) is 0.583. The maximum absolute atomic E-state index is 13.1. The van der Waals surface area contributed by atoms with Crippen LogP contribution in [-0.4, -0.2) is 74.3 Å². The first-order valence-corrected chi connectivity index (χ1v) is 11.5. The van der Waals surface area contributed by atoms with E-state index in [1.54, 1.807) is 14.2 Å². The predicted octanol–water partition coefficient (Wildman–Crippen LogP) is 4.15. The van der Waals surface area contributed by atoms with Crippen LogP contribution in [0.15, 0.2) is 24.4 Å². The third kappa shape index (κ3) is 4.81. The molecule has 168 valence electrons. The molecule has 2 saturated heterocycles. The molecule has 2 amide bonds. The van der Waals surface area contributed by atoms with Crippen molar-refractivity contribution in [3.05, 3.63) is 24.4 Å². The van der Waals surface area contributed by atoms with Crippen molar-refractivity contribution in [2.75, 3.05) is 58.4 Å². The lowest BCUT2D eigenvalue weighted by molar-refractivity contribution is 0.149. The van der Waals surface area contributed by atoms with Crippen LogP contribution in [0.3, 0.4) is 0 Å². The largest absolute Gasteiger partial charge is 0.493 e. The van der Waals surface area contributed by atoms with Gasteiger partial charge < -0.3 is 24.2 Å². The number of hydrogen-bond acceptors (Lipinski definition) is 5. The van der Waals surface area contributed by atoms with Crippen molar-refractivity contribution in [1.82, 2.24) is 14.8 Å². The molecule has 4 rings (SSSR count). The predicted molar refractivity (Wildman–Crippen MR) is 123 cm³/mol. The lowest BCUT2D eigenvalue weighted by atomic mass is 10.1. The number of aromatic nitrogens is 1. The summed E-state index contributed by atoms with van der Waals surface area (Å²) in [5, 5.41) is 2.11. The minimum absolute atomic E-state index is 0.207. The molecule has 2 aliphatic heterocycles. The van der Waals surface area contributed by atoms with E-state index in [4.69, 9.17) is 9.47 Å². The quantitative estimate of drug-likeness (QED) is 0.738. The van der Waals surface area contributed by atoms with Crippen LogP contribution in [0.4, 0.5) is 10.6 Å². The number of carbonyl (C=O) groups is 1. The molecule has 3 heterocycles. The average Bonchev–Trinajstić information content (AvgIpc) is 2.96. The highest BCUT2D eigenvalue weighted by atomic mass is 16.5. The van der Waals surface area contributed by atoms with Gasteiger partial charge in [-0.05, 0) is 36.4 Å². The Morgan fingerprint density at radius 1 is 0.806 bits per heavy atom. The van der Waals surface area contributed by atoms with Crippen molar-refractivity contribution in [3.8, 4) is 11.5 Å². The van der Waals surface area contributed by atoms with Crippen molar-refractivity contribution in [2.45, 2.75) is 38.5 Å². The number of ether oxygens (including phenoxy) is 2. The number of fused-ring (bicyclic) bond motifs is 1. The molecule has 0 saturated carbocycles. The Morgan fingerprint density at radius 2 is 1.39 bits per heavy atom. The number of piperazine rings is 1. The van der Waals surface area contributed by atoms with Gasteiger partial charge in [0, 0.05) is 50.9 Å². The summed E-state index contributed by atoms with van der Waals surface area (Å²) in [5.74, 6) is 2.35. The molecule has 2 fully saturated rings. The second-order valence-corrected chi connectivity index (χ2v) is 8.43. The summed E-state index contributed by atoms with van der Waals surface area (Å²) >= 11 is 0. The van der Waals surface area contributed by atoms with E-state index in [-0.39, 0.29) is 6.03 Å². The first kappa shape index (κ1) is 21.5. The van der Waals surface area contributed by atoms with Crippen LogP contribution in [0.2, 0.25) is 0 Å². The van der Waals surface area contributed by atoms with E-state index >= 15 is 0 Å². The van der Waals surface area contributed by atoms with E-state index in [1.165, 1.54) is 25.7 Å². The van der Waals surface area contributed by atoms with Crippen LogP contribution in [0, 0.1) is 0 Å². The molecule has 0 atom stereocenters. The molecule has 31 heavy (non-hydrogen) atoms. The zero-order valence-corrected chi connectivity index (χ0v) is 18.8. The number of anilines is 1. The number of urea groups is 1. The van der Waals surface area contributed by atoms with Gasteiger partial charge in [-0.15, -0.1) is 0 Å². The maximum Gasteiger partial charge on any atom is 0.320 e. The molecule has 0 radical (unpaired) electrons. The van der Waals surface area contributed by atoms with E-state index in [0.29, 0.717) is 11.5 Å². The van der Waals surface area contributed by atoms with Crippen LogP contribution in [0.1, 0.15) is 38.5 Å². The Morgan fingerprint density at radius 3 is 2.03 bits per heavy atom. The van der Waals surface area contributed by atoms with E-state index in [0.717, 1.165) is 68.7 Å². The van der Waals surface area contributed by atoms with E-state index in [1.807, 2.05) is 29.3 Å². The molecule has 0 N–H and O–H groups in total. The standard InChI is InChI=1S/C24H34N4O3/c1-30-21-17-19-9-10-25-23(20(19)18-22(21)31-2)26-13-15-28(16-14-26)24(29)27-11-7-5-3-4-6-8-12-27/h9-10,17-18H,3-8,11-16H2,1-2H3. The molecule has 7 heteroatoms. The Labute approximate surface area is 184 Å².